The highest BCUT2D eigenvalue weighted by molar-refractivity contribution is 6.17. The quantitative estimate of drug-likeness (QED) is 0.169. The zero-order valence-electron chi connectivity index (χ0n) is 27.5. The predicted octanol–water partition coefficient (Wildman–Crippen LogP) is 13.3. The van der Waals surface area contributed by atoms with Crippen LogP contribution in [0, 0.1) is 0 Å². The molecule has 1 aromatic heterocycles. The average molecular weight is 639 g/mol. The second-order valence-electron chi connectivity index (χ2n) is 12.5. The Labute approximate surface area is 292 Å². The van der Waals surface area contributed by atoms with E-state index in [2.05, 4.69) is 216 Å². The summed E-state index contributed by atoms with van der Waals surface area (Å²) < 4.78 is 2.39. The van der Waals surface area contributed by atoms with Gasteiger partial charge in [-0.3, -0.25) is 0 Å². The van der Waals surface area contributed by atoms with E-state index < -0.39 is 0 Å². The van der Waals surface area contributed by atoms with Crippen molar-refractivity contribution >= 4 is 38.9 Å². The van der Waals surface area contributed by atoms with E-state index in [0.29, 0.717) is 0 Å². The molecule has 2 heteroatoms. The van der Waals surface area contributed by atoms with Crippen molar-refractivity contribution in [2.45, 2.75) is 0 Å². The van der Waals surface area contributed by atoms with Gasteiger partial charge < -0.3 is 9.47 Å². The van der Waals surface area contributed by atoms with Crippen molar-refractivity contribution < 1.29 is 0 Å². The van der Waals surface area contributed by atoms with Gasteiger partial charge in [0, 0.05) is 27.7 Å². The van der Waals surface area contributed by atoms with Crippen LogP contribution < -0.4 is 4.90 Å². The number of hydrogen-bond acceptors (Lipinski definition) is 1. The molecule has 0 fully saturated rings. The molecule has 0 aliphatic heterocycles. The second-order valence-corrected chi connectivity index (χ2v) is 12.5. The number of nitrogens with zero attached hydrogens (tertiary/aromatic N) is 2. The van der Waals surface area contributed by atoms with E-state index in [0.717, 1.165) is 22.7 Å². The summed E-state index contributed by atoms with van der Waals surface area (Å²) in [4.78, 5) is 2.44. The van der Waals surface area contributed by atoms with Crippen molar-refractivity contribution in [3.63, 3.8) is 0 Å². The maximum Gasteiger partial charge on any atom is 0.0562 e. The number of rotatable bonds is 7. The van der Waals surface area contributed by atoms with Crippen molar-refractivity contribution in [3.8, 4) is 39.1 Å². The Balaban J connectivity index is 1.33. The largest absolute Gasteiger partial charge is 0.309 e. The molecule has 50 heavy (non-hydrogen) atoms. The first kappa shape index (κ1) is 29.5. The molecule has 0 saturated heterocycles. The summed E-state index contributed by atoms with van der Waals surface area (Å²) in [5.41, 5.74) is 14.0. The first-order valence-corrected chi connectivity index (χ1v) is 17.1. The van der Waals surface area contributed by atoms with Gasteiger partial charge in [0.05, 0.1) is 22.4 Å². The summed E-state index contributed by atoms with van der Waals surface area (Å²) in [7, 11) is 0. The van der Waals surface area contributed by atoms with Gasteiger partial charge in [0.2, 0.25) is 0 Å². The summed E-state index contributed by atoms with van der Waals surface area (Å²) in [6.45, 7) is 0. The van der Waals surface area contributed by atoms with E-state index in [1.54, 1.807) is 0 Å². The first-order valence-electron chi connectivity index (χ1n) is 17.1. The van der Waals surface area contributed by atoms with Crippen LogP contribution in [0.4, 0.5) is 17.1 Å². The van der Waals surface area contributed by atoms with Gasteiger partial charge in [-0.15, -0.1) is 0 Å². The number of hydrogen-bond donors (Lipinski definition) is 0. The molecule has 0 amide bonds. The molecule has 0 N–H and O–H groups in total. The number of benzene rings is 8. The highest BCUT2D eigenvalue weighted by Gasteiger charge is 2.23. The molecule has 0 saturated carbocycles. The summed E-state index contributed by atoms with van der Waals surface area (Å²) >= 11 is 0. The molecule has 0 spiro atoms. The Kier molecular flexibility index (Phi) is 7.53. The Morgan fingerprint density at radius 1 is 0.340 bits per heavy atom. The number of anilines is 3. The summed E-state index contributed by atoms with van der Waals surface area (Å²) in [6, 6.07) is 74.1. The maximum absolute atomic E-state index is 2.44. The Bertz CT molecular complexity index is 2570. The van der Waals surface area contributed by atoms with Gasteiger partial charge in [-0.2, -0.15) is 0 Å². The lowest BCUT2D eigenvalue weighted by atomic mass is 9.91. The third-order valence-corrected chi connectivity index (χ3v) is 9.59. The SMILES string of the molecule is c1ccc(-c2ccccc2-c2ccc(N(c3ccccc3)c3cccc4c3c3ccccc3n4-c3ccccc3)c(-c3ccccc3)c2)cc1. The van der Waals surface area contributed by atoms with Gasteiger partial charge in [0.15, 0.2) is 0 Å². The Morgan fingerprint density at radius 2 is 0.880 bits per heavy atom. The van der Waals surface area contributed by atoms with E-state index in [-0.39, 0.29) is 0 Å². The average Bonchev–Trinajstić information content (AvgIpc) is 3.55. The minimum absolute atomic E-state index is 1.10. The minimum atomic E-state index is 1.10. The molecule has 9 rings (SSSR count). The van der Waals surface area contributed by atoms with Crippen molar-refractivity contribution in [1.29, 1.82) is 0 Å². The fraction of sp³-hybridized carbons (Fsp3) is 0. The van der Waals surface area contributed by atoms with E-state index in [1.807, 2.05) is 0 Å². The van der Waals surface area contributed by atoms with Crippen molar-refractivity contribution in [1.82, 2.24) is 4.57 Å². The maximum atomic E-state index is 2.44. The van der Waals surface area contributed by atoms with E-state index >= 15 is 0 Å². The molecule has 0 atom stereocenters. The number of aromatic nitrogens is 1. The lowest BCUT2D eigenvalue weighted by molar-refractivity contribution is 1.18. The molecular formula is C48H34N2. The zero-order chi connectivity index (χ0) is 33.3. The molecule has 0 aliphatic rings. The lowest BCUT2D eigenvalue weighted by Gasteiger charge is -2.29. The molecule has 2 nitrogen and oxygen atoms in total. The third kappa shape index (κ3) is 5.15. The van der Waals surface area contributed by atoms with Crippen LogP contribution in [-0.4, -0.2) is 4.57 Å². The standard InChI is InChI=1S/C48H34N2/c1-5-18-35(19-6-1)40-26-13-14-27-41(40)37-32-33-45(43(34-37)36-20-7-2-8-21-36)50(39-24-11-4-12-25-39)47-31-17-30-46-48(47)42-28-15-16-29-44(42)49(46)38-22-9-3-10-23-38/h1-34H. The lowest BCUT2D eigenvalue weighted by Crippen LogP contribution is -2.12. The van der Waals surface area contributed by atoms with Gasteiger partial charge >= 0.3 is 0 Å². The van der Waals surface area contributed by atoms with Crippen LogP contribution in [0.3, 0.4) is 0 Å². The molecule has 236 valence electrons. The van der Waals surface area contributed by atoms with Crippen molar-refractivity contribution in [2.24, 2.45) is 0 Å². The van der Waals surface area contributed by atoms with Gasteiger partial charge in [-0.05, 0) is 82.4 Å². The molecule has 0 unspecified atom stereocenters. The molecule has 9 aromatic rings. The van der Waals surface area contributed by atoms with E-state index in [1.165, 1.54) is 55.2 Å². The van der Waals surface area contributed by atoms with E-state index in [9.17, 15) is 0 Å². The fourth-order valence-corrected chi connectivity index (χ4v) is 7.38. The van der Waals surface area contributed by atoms with Crippen LogP contribution in [0.5, 0.6) is 0 Å². The molecular weight excluding hydrogens is 605 g/mol. The zero-order valence-corrected chi connectivity index (χ0v) is 27.5. The van der Waals surface area contributed by atoms with Gasteiger partial charge in [0.25, 0.3) is 0 Å². The second kappa shape index (κ2) is 12.8. The highest BCUT2D eigenvalue weighted by Crippen LogP contribution is 2.47. The summed E-state index contributed by atoms with van der Waals surface area (Å²) in [6.07, 6.45) is 0. The molecule has 0 aliphatic carbocycles. The van der Waals surface area contributed by atoms with Crippen LogP contribution in [-0.2, 0) is 0 Å². The van der Waals surface area contributed by atoms with Crippen LogP contribution >= 0.6 is 0 Å². The van der Waals surface area contributed by atoms with Crippen molar-refractivity contribution in [3.05, 3.63) is 206 Å². The molecule has 0 bridgehead atoms. The first-order chi connectivity index (χ1) is 24.8. The number of fused-ring (bicyclic) bond motifs is 3. The van der Waals surface area contributed by atoms with Gasteiger partial charge in [-0.1, -0.05) is 152 Å². The molecule has 0 radical (unpaired) electrons. The van der Waals surface area contributed by atoms with Crippen LogP contribution in [0.2, 0.25) is 0 Å². The Morgan fingerprint density at radius 3 is 1.58 bits per heavy atom. The van der Waals surface area contributed by atoms with Gasteiger partial charge in [-0.25, -0.2) is 0 Å². The summed E-state index contributed by atoms with van der Waals surface area (Å²) in [5, 5.41) is 2.44. The normalized spacial score (nSPS) is 11.2. The predicted molar refractivity (Wildman–Crippen MR) is 212 cm³/mol. The third-order valence-electron chi connectivity index (χ3n) is 9.59. The number of para-hydroxylation sites is 3. The minimum Gasteiger partial charge on any atom is -0.309 e. The Hall–Kier alpha value is -6.64. The van der Waals surface area contributed by atoms with Crippen LogP contribution in [0.25, 0.3) is 60.9 Å². The van der Waals surface area contributed by atoms with Gasteiger partial charge in [0.1, 0.15) is 0 Å². The van der Waals surface area contributed by atoms with E-state index in [4.69, 9.17) is 0 Å². The van der Waals surface area contributed by atoms with Crippen LogP contribution in [0.1, 0.15) is 0 Å². The molecule has 8 aromatic carbocycles. The van der Waals surface area contributed by atoms with Crippen molar-refractivity contribution in [2.75, 3.05) is 4.90 Å². The molecule has 1 heterocycles. The highest BCUT2D eigenvalue weighted by atomic mass is 15.1. The topological polar surface area (TPSA) is 8.17 Å². The monoisotopic (exact) mass is 638 g/mol. The smallest absolute Gasteiger partial charge is 0.0562 e. The van der Waals surface area contributed by atoms with Crippen LogP contribution in [0.15, 0.2) is 206 Å². The summed E-state index contributed by atoms with van der Waals surface area (Å²) in [5.74, 6) is 0. The fourth-order valence-electron chi connectivity index (χ4n) is 7.38.